The van der Waals surface area contributed by atoms with Crippen LogP contribution in [0, 0.1) is 5.92 Å². The first-order chi connectivity index (χ1) is 8.29. The summed E-state index contributed by atoms with van der Waals surface area (Å²) in [5.74, 6) is 0.789. The van der Waals surface area contributed by atoms with Crippen molar-refractivity contribution in [2.75, 3.05) is 6.54 Å². The second-order valence-electron chi connectivity index (χ2n) is 4.97. The molecule has 17 heavy (non-hydrogen) atoms. The molecule has 0 amide bonds. The smallest absolute Gasteiger partial charge is 0.0410 e. The number of halogens is 1. The highest BCUT2D eigenvalue weighted by Crippen LogP contribution is 2.29. The molecule has 1 saturated carbocycles. The molecule has 2 nitrogen and oxygen atoms in total. The summed E-state index contributed by atoms with van der Waals surface area (Å²) in [6.07, 6.45) is 10.3. The van der Waals surface area contributed by atoms with Gasteiger partial charge in [0.1, 0.15) is 0 Å². The molecule has 1 N–H and O–H groups in total. The summed E-state index contributed by atoms with van der Waals surface area (Å²) in [6, 6.07) is 2.91. The van der Waals surface area contributed by atoms with Crippen LogP contribution in [0.2, 0.25) is 0 Å². The Labute approximate surface area is 112 Å². The van der Waals surface area contributed by atoms with Crippen molar-refractivity contribution in [2.24, 2.45) is 5.92 Å². The first kappa shape index (κ1) is 13.0. The zero-order chi connectivity index (χ0) is 12.1. The predicted molar refractivity (Wildman–Crippen MR) is 75.1 cm³/mol. The van der Waals surface area contributed by atoms with Gasteiger partial charge in [0.25, 0.3) is 0 Å². The Morgan fingerprint density at radius 3 is 3.06 bits per heavy atom. The van der Waals surface area contributed by atoms with Crippen LogP contribution in [0.5, 0.6) is 0 Å². The van der Waals surface area contributed by atoms with Crippen molar-refractivity contribution in [3.63, 3.8) is 0 Å². The molecule has 0 spiro atoms. The SMILES string of the molecule is CCCNC1CCCC1Cc1cncc(Br)c1. The van der Waals surface area contributed by atoms with Crippen LogP contribution < -0.4 is 5.32 Å². The maximum atomic E-state index is 4.25. The van der Waals surface area contributed by atoms with E-state index in [4.69, 9.17) is 0 Å². The number of nitrogens with zero attached hydrogens (tertiary/aromatic N) is 1. The number of nitrogens with one attached hydrogen (secondary N) is 1. The molecular weight excluding hydrogens is 276 g/mol. The van der Waals surface area contributed by atoms with E-state index in [1.165, 1.54) is 31.2 Å². The van der Waals surface area contributed by atoms with E-state index in [1.54, 1.807) is 0 Å². The largest absolute Gasteiger partial charge is 0.314 e. The molecule has 3 heteroatoms. The van der Waals surface area contributed by atoms with Gasteiger partial charge < -0.3 is 5.32 Å². The lowest BCUT2D eigenvalue weighted by atomic mass is 9.95. The second-order valence-corrected chi connectivity index (χ2v) is 5.88. The van der Waals surface area contributed by atoms with Crippen molar-refractivity contribution in [1.29, 1.82) is 0 Å². The topological polar surface area (TPSA) is 24.9 Å². The lowest BCUT2D eigenvalue weighted by Crippen LogP contribution is -2.33. The molecule has 0 aliphatic heterocycles. The van der Waals surface area contributed by atoms with E-state index in [2.05, 4.69) is 39.2 Å². The van der Waals surface area contributed by atoms with E-state index in [9.17, 15) is 0 Å². The molecule has 1 aromatic rings. The van der Waals surface area contributed by atoms with Gasteiger partial charge in [0.15, 0.2) is 0 Å². The van der Waals surface area contributed by atoms with E-state index >= 15 is 0 Å². The first-order valence-corrected chi connectivity index (χ1v) is 7.41. The third-order valence-corrected chi connectivity index (χ3v) is 4.01. The van der Waals surface area contributed by atoms with Crippen molar-refractivity contribution in [2.45, 2.75) is 45.1 Å². The minimum Gasteiger partial charge on any atom is -0.314 e. The van der Waals surface area contributed by atoms with Crippen molar-refractivity contribution in [3.05, 3.63) is 28.5 Å². The fourth-order valence-electron chi connectivity index (χ4n) is 2.75. The van der Waals surface area contributed by atoms with Gasteiger partial charge in [-0.25, -0.2) is 0 Å². The summed E-state index contributed by atoms with van der Waals surface area (Å²) in [6.45, 7) is 3.38. The van der Waals surface area contributed by atoms with Gasteiger partial charge in [-0.3, -0.25) is 4.98 Å². The number of hydrogen-bond donors (Lipinski definition) is 1. The Morgan fingerprint density at radius 1 is 1.41 bits per heavy atom. The number of pyridine rings is 1. The molecule has 0 bridgehead atoms. The van der Waals surface area contributed by atoms with E-state index in [0.717, 1.165) is 23.4 Å². The average Bonchev–Trinajstić information content (AvgIpc) is 2.74. The van der Waals surface area contributed by atoms with Crippen LogP contribution in [-0.4, -0.2) is 17.6 Å². The fraction of sp³-hybridized carbons (Fsp3) is 0.643. The summed E-state index contributed by atoms with van der Waals surface area (Å²) in [5, 5.41) is 3.68. The summed E-state index contributed by atoms with van der Waals surface area (Å²) in [5.41, 5.74) is 1.36. The highest BCUT2D eigenvalue weighted by atomic mass is 79.9. The molecule has 1 aromatic heterocycles. The summed E-state index contributed by atoms with van der Waals surface area (Å²) in [7, 11) is 0. The quantitative estimate of drug-likeness (QED) is 0.899. The van der Waals surface area contributed by atoms with Gasteiger partial charge in [0.2, 0.25) is 0 Å². The molecule has 1 aliphatic rings. The highest BCUT2D eigenvalue weighted by molar-refractivity contribution is 9.10. The number of rotatable bonds is 5. The van der Waals surface area contributed by atoms with Crippen LogP contribution >= 0.6 is 15.9 Å². The normalized spacial score (nSPS) is 24.1. The van der Waals surface area contributed by atoms with Gasteiger partial charge in [-0.15, -0.1) is 0 Å². The van der Waals surface area contributed by atoms with Crippen molar-refractivity contribution >= 4 is 15.9 Å². The molecule has 0 radical (unpaired) electrons. The number of hydrogen-bond acceptors (Lipinski definition) is 2. The molecule has 2 rings (SSSR count). The van der Waals surface area contributed by atoms with E-state index in [-0.39, 0.29) is 0 Å². The highest BCUT2D eigenvalue weighted by Gasteiger charge is 2.26. The maximum absolute atomic E-state index is 4.25. The van der Waals surface area contributed by atoms with Crippen molar-refractivity contribution in [3.8, 4) is 0 Å². The third-order valence-electron chi connectivity index (χ3n) is 3.58. The van der Waals surface area contributed by atoms with Crippen LogP contribution in [0.15, 0.2) is 22.9 Å². The summed E-state index contributed by atoms with van der Waals surface area (Å²) in [4.78, 5) is 4.25. The molecule has 0 saturated heterocycles. The van der Waals surface area contributed by atoms with Crippen molar-refractivity contribution < 1.29 is 0 Å². The fourth-order valence-corrected chi connectivity index (χ4v) is 3.16. The monoisotopic (exact) mass is 296 g/mol. The number of aromatic nitrogens is 1. The van der Waals surface area contributed by atoms with Gasteiger partial charge in [0.05, 0.1) is 0 Å². The van der Waals surface area contributed by atoms with Crippen LogP contribution in [0.3, 0.4) is 0 Å². The lowest BCUT2D eigenvalue weighted by Gasteiger charge is -2.20. The van der Waals surface area contributed by atoms with Crippen molar-refractivity contribution in [1.82, 2.24) is 10.3 Å². The summed E-state index contributed by atoms with van der Waals surface area (Å²) >= 11 is 3.49. The average molecular weight is 297 g/mol. The van der Waals surface area contributed by atoms with Gasteiger partial charge in [-0.05, 0) is 65.7 Å². The van der Waals surface area contributed by atoms with Gasteiger partial charge in [-0.1, -0.05) is 13.3 Å². The standard InChI is InChI=1S/C14H21BrN2/c1-2-6-17-14-5-3-4-12(14)7-11-8-13(15)10-16-9-11/h8-10,12,14,17H,2-7H2,1H3. The molecule has 1 aliphatic carbocycles. The Balaban J connectivity index is 1.93. The third kappa shape index (κ3) is 3.78. The van der Waals surface area contributed by atoms with E-state index in [1.807, 2.05) is 12.4 Å². The molecule has 0 aromatic carbocycles. The minimum absolute atomic E-state index is 0.717. The molecule has 1 fully saturated rings. The molecule has 1 heterocycles. The molecule has 94 valence electrons. The second kappa shape index (κ2) is 6.50. The van der Waals surface area contributed by atoms with Gasteiger partial charge >= 0.3 is 0 Å². The Hall–Kier alpha value is -0.410. The zero-order valence-corrected chi connectivity index (χ0v) is 12.0. The minimum atomic E-state index is 0.717. The lowest BCUT2D eigenvalue weighted by molar-refractivity contribution is 0.398. The van der Waals surface area contributed by atoms with Crippen LogP contribution in [0.1, 0.15) is 38.2 Å². The van der Waals surface area contributed by atoms with Crippen LogP contribution in [-0.2, 0) is 6.42 Å². The Bertz CT molecular complexity index is 354. The molecule has 2 atom stereocenters. The van der Waals surface area contributed by atoms with E-state index < -0.39 is 0 Å². The van der Waals surface area contributed by atoms with Crippen LogP contribution in [0.4, 0.5) is 0 Å². The van der Waals surface area contributed by atoms with Gasteiger partial charge in [0, 0.05) is 22.9 Å². The Morgan fingerprint density at radius 2 is 2.29 bits per heavy atom. The molecule has 2 unspecified atom stereocenters. The summed E-state index contributed by atoms with van der Waals surface area (Å²) < 4.78 is 1.09. The molecular formula is C14H21BrN2. The van der Waals surface area contributed by atoms with Crippen LogP contribution in [0.25, 0.3) is 0 Å². The maximum Gasteiger partial charge on any atom is 0.0410 e. The predicted octanol–water partition coefficient (Wildman–Crippen LogP) is 3.55. The Kier molecular flexibility index (Phi) is 4.99. The zero-order valence-electron chi connectivity index (χ0n) is 10.5. The van der Waals surface area contributed by atoms with Gasteiger partial charge in [-0.2, -0.15) is 0 Å². The first-order valence-electron chi connectivity index (χ1n) is 6.62. The van der Waals surface area contributed by atoms with E-state index in [0.29, 0.717) is 6.04 Å².